The minimum Gasteiger partial charge on any atom is -0.388 e. The second-order valence-corrected chi connectivity index (χ2v) is 9.41. The predicted octanol–water partition coefficient (Wildman–Crippen LogP) is 5.43. The van der Waals surface area contributed by atoms with E-state index in [4.69, 9.17) is 29.2 Å². The molecule has 0 aliphatic carbocycles. The Kier molecular flexibility index (Phi) is 45.8. The minimum atomic E-state index is -0.481. The molecule has 2 unspecified atom stereocenters. The highest BCUT2D eigenvalue weighted by molar-refractivity contribution is 5.00. The quantitative estimate of drug-likeness (QED) is 0.240. The normalized spacial score (nSPS) is 14.2. The molecule has 0 amide bonds. The third-order valence-corrected chi connectivity index (χ3v) is 4.95. The van der Waals surface area contributed by atoms with Crippen LogP contribution >= 0.6 is 0 Å². The number of hydrogen-bond acceptors (Lipinski definition) is 10. The molecule has 3 aromatic rings. The number of benzene rings is 3. The Morgan fingerprint density at radius 3 is 0.667 bits per heavy atom. The van der Waals surface area contributed by atoms with Crippen LogP contribution in [0.4, 0.5) is 0 Å². The highest BCUT2D eigenvalue weighted by Crippen LogP contribution is 2.07. The van der Waals surface area contributed by atoms with Gasteiger partial charge in [-0.05, 0) is 0 Å². The number of hydrogen-bond donors (Lipinski definition) is 2. The van der Waals surface area contributed by atoms with E-state index >= 15 is 0 Å². The molecule has 0 radical (unpaired) electrons. The maximum absolute atomic E-state index is 8.80. The molecule has 2 N–H and O–H groups in total. The largest absolute Gasteiger partial charge is 0.388 e. The van der Waals surface area contributed by atoms with Gasteiger partial charge in [-0.1, -0.05) is 123 Å². The van der Waals surface area contributed by atoms with Crippen molar-refractivity contribution in [2.24, 2.45) is 0 Å². The Hall–Kier alpha value is -2.74. The smallest absolute Gasteiger partial charge is 0.104 e. The van der Waals surface area contributed by atoms with Gasteiger partial charge in [-0.2, -0.15) is 0 Å². The van der Waals surface area contributed by atoms with E-state index in [9.17, 15) is 0 Å². The molecule has 3 aromatic carbocycles. The lowest BCUT2D eigenvalue weighted by molar-refractivity contribution is 0.00977. The van der Waals surface area contributed by atoms with E-state index in [0.29, 0.717) is 38.6 Å². The van der Waals surface area contributed by atoms with Gasteiger partial charge in [0.25, 0.3) is 0 Å². The molecular formula is C38H64O10. The lowest BCUT2D eigenvalue weighted by Gasteiger charge is -2.05. The van der Waals surface area contributed by atoms with Crippen molar-refractivity contribution in [2.75, 3.05) is 95.5 Å². The van der Waals surface area contributed by atoms with Gasteiger partial charge in [0.15, 0.2) is 0 Å². The second-order valence-electron chi connectivity index (χ2n) is 9.41. The van der Waals surface area contributed by atoms with Gasteiger partial charge in [0.05, 0.1) is 52.9 Å². The molecule has 48 heavy (non-hydrogen) atoms. The standard InChI is InChI=1S/3C6H6.2C5H12O3.2C4H8O2.C2H6/c3*1-2-4-6-5-3-1;2*1-7-3-5(6)4-8-2;2*1-5-2-4-3-6-4;1-2/h3*1-6H;2*5-6H,3-4H2,1-2H3;2*4H,2-3H2,1H3;1-2H3. The van der Waals surface area contributed by atoms with Crippen molar-refractivity contribution in [3.63, 3.8) is 0 Å². The summed E-state index contributed by atoms with van der Waals surface area (Å²) in [5.41, 5.74) is 0. The van der Waals surface area contributed by atoms with Gasteiger partial charge in [-0.25, -0.2) is 0 Å². The molecule has 2 fully saturated rings. The van der Waals surface area contributed by atoms with Crippen LogP contribution < -0.4 is 0 Å². The first-order valence-corrected chi connectivity index (χ1v) is 16.0. The zero-order chi connectivity index (χ0) is 36.4. The maximum atomic E-state index is 8.80. The first-order valence-electron chi connectivity index (χ1n) is 16.0. The Bertz CT molecular complexity index is 691. The summed E-state index contributed by atoms with van der Waals surface area (Å²) in [6, 6.07) is 36.0. The zero-order valence-electron chi connectivity index (χ0n) is 30.5. The molecule has 0 spiro atoms. The van der Waals surface area contributed by atoms with Crippen LogP contribution in [0.5, 0.6) is 0 Å². The summed E-state index contributed by atoms with van der Waals surface area (Å²) in [4.78, 5) is 0. The molecule has 5 rings (SSSR count). The van der Waals surface area contributed by atoms with Gasteiger partial charge in [0.2, 0.25) is 0 Å². The molecule has 2 aliphatic heterocycles. The first kappa shape index (κ1) is 49.6. The summed E-state index contributed by atoms with van der Waals surface area (Å²) in [5.74, 6) is 0. The van der Waals surface area contributed by atoms with Crippen LogP contribution in [0.15, 0.2) is 109 Å². The maximum Gasteiger partial charge on any atom is 0.104 e. The molecule has 276 valence electrons. The number of aliphatic hydroxyl groups excluding tert-OH is 2. The van der Waals surface area contributed by atoms with E-state index in [1.807, 2.05) is 123 Å². The average molecular weight is 681 g/mol. The van der Waals surface area contributed by atoms with Crippen LogP contribution in [0.3, 0.4) is 0 Å². The number of aliphatic hydroxyl groups is 2. The highest BCUT2D eigenvalue weighted by atomic mass is 16.6. The van der Waals surface area contributed by atoms with Crippen molar-refractivity contribution in [3.8, 4) is 0 Å². The Morgan fingerprint density at radius 1 is 0.417 bits per heavy atom. The molecule has 10 heteroatoms. The summed E-state index contributed by atoms with van der Waals surface area (Å²) >= 11 is 0. The van der Waals surface area contributed by atoms with Crippen LogP contribution in [-0.4, -0.2) is 130 Å². The molecule has 0 aromatic heterocycles. The SMILES string of the molecule is CC.COCC(O)COC.COCC(O)COC.COCC1CO1.COCC1CO1.c1ccccc1.c1ccccc1.c1ccccc1. The summed E-state index contributed by atoms with van der Waals surface area (Å²) in [6.07, 6.45) is -0.111. The number of rotatable bonds is 12. The number of ether oxygens (including phenoxy) is 8. The molecule has 2 atom stereocenters. The summed E-state index contributed by atoms with van der Waals surface area (Å²) in [5, 5.41) is 17.6. The van der Waals surface area contributed by atoms with Crippen LogP contribution in [0, 0.1) is 0 Å². The van der Waals surface area contributed by atoms with E-state index in [1.165, 1.54) is 0 Å². The van der Waals surface area contributed by atoms with Gasteiger partial charge in [-0.3, -0.25) is 0 Å². The highest BCUT2D eigenvalue weighted by Gasteiger charge is 2.21. The fourth-order valence-electron chi connectivity index (χ4n) is 2.72. The van der Waals surface area contributed by atoms with E-state index < -0.39 is 12.2 Å². The van der Waals surface area contributed by atoms with E-state index in [0.717, 1.165) is 26.4 Å². The zero-order valence-corrected chi connectivity index (χ0v) is 30.5. The lowest BCUT2D eigenvalue weighted by atomic mass is 10.4. The lowest BCUT2D eigenvalue weighted by Crippen LogP contribution is -2.19. The Morgan fingerprint density at radius 2 is 0.583 bits per heavy atom. The van der Waals surface area contributed by atoms with Crippen LogP contribution in [0.25, 0.3) is 0 Å². The van der Waals surface area contributed by atoms with Gasteiger partial charge >= 0.3 is 0 Å². The molecule has 0 saturated carbocycles. The third kappa shape index (κ3) is 50.1. The summed E-state index contributed by atoms with van der Waals surface area (Å²) in [6.45, 7) is 8.69. The molecule has 2 heterocycles. The fraction of sp³-hybridized carbons (Fsp3) is 0.526. The van der Waals surface area contributed by atoms with Crippen molar-refractivity contribution >= 4 is 0 Å². The predicted molar refractivity (Wildman–Crippen MR) is 193 cm³/mol. The number of methoxy groups -OCH3 is 6. The third-order valence-electron chi connectivity index (χ3n) is 4.95. The van der Waals surface area contributed by atoms with Crippen molar-refractivity contribution in [1.82, 2.24) is 0 Å². The Balaban J connectivity index is -0.000000489. The van der Waals surface area contributed by atoms with Crippen molar-refractivity contribution in [3.05, 3.63) is 109 Å². The van der Waals surface area contributed by atoms with E-state index in [2.05, 4.69) is 18.9 Å². The van der Waals surface area contributed by atoms with Crippen LogP contribution in [0.2, 0.25) is 0 Å². The van der Waals surface area contributed by atoms with E-state index in [-0.39, 0.29) is 0 Å². The van der Waals surface area contributed by atoms with Crippen molar-refractivity contribution in [2.45, 2.75) is 38.3 Å². The fourth-order valence-corrected chi connectivity index (χ4v) is 2.72. The molecule has 2 aliphatic rings. The Labute approximate surface area is 290 Å². The topological polar surface area (TPSA) is 121 Å². The van der Waals surface area contributed by atoms with Crippen molar-refractivity contribution in [1.29, 1.82) is 0 Å². The first-order chi connectivity index (χ1) is 23.5. The second kappa shape index (κ2) is 44.3. The van der Waals surface area contributed by atoms with Gasteiger partial charge < -0.3 is 48.1 Å². The van der Waals surface area contributed by atoms with Gasteiger partial charge in [-0.15, -0.1) is 0 Å². The van der Waals surface area contributed by atoms with Gasteiger partial charge in [0, 0.05) is 42.7 Å². The number of epoxide rings is 2. The molecule has 2 saturated heterocycles. The summed E-state index contributed by atoms with van der Waals surface area (Å²) < 4.78 is 37.6. The monoisotopic (exact) mass is 680 g/mol. The van der Waals surface area contributed by atoms with Crippen LogP contribution in [0.1, 0.15) is 13.8 Å². The summed E-state index contributed by atoms with van der Waals surface area (Å²) in [7, 11) is 9.53. The van der Waals surface area contributed by atoms with Crippen LogP contribution in [-0.2, 0) is 37.9 Å². The van der Waals surface area contributed by atoms with E-state index in [1.54, 1.807) is 42.7 Å². The molecule has 0 bridgehead atoms. The molecular weight excluding hydrogens is 616 g/mol. The average Bonchev–Trinajstić information content (AvgIpc) is 4.09. The minimum absolute atomic E-state index is 0.341. The van der Waals surface area contributed by atoms with Gasteiger partial charge in [0.1, 0.15) is 24.4 Å². The van der Waals surface area contributed by atoms with Crippen molar-refractivity contribution < 1.29 is 48.1 Å². The molecule has 10 nitrogen and oxygen atoms in total.